The topological polar surface area (TPSA) is 122 Å². The van der Waals surface area contributed by atoms with Gasteiger partial charge in [0, 0.05) is 29.8 Å². The first-order valence-corrected chi connectivity index (χ1v) is 9.35. The van der Waals surface area contributed by atoms with Gasteiger partial charge in [0.25, 0.3) is 17.5 Å². The predicted octanol–water partition coefficient (Wildman–Crippen LogP) is 4.22. The zero-order chi connectivity index (χ0) is 22.1. The molecule has 4 aromatic rings. The number of nitrogens with zero attached hydrogens (tertiary/aromatic N) is 1. The number of nitrogens with one attached hydrogen (secondary N) is 2. The molecule has 0 spiro atoms. The van der Waals surface area contributed by atoms with Crippen molar-refractivity contribution in [1.29, 1.82) is 0 Å². The predicted molar refractivity (Wildman–Crippen MR) is 118 cm³/mol. The van der Waals surface area contributed by atoms with Crippen molar-refractivity contribution in [2.75, 3.05) is 12.4 Å². The Morgan fingerprint density at radius 1 is 0.903 bits per heavy atom. The van der Waals surface area contributed by atoms with Crippen LogP contribution in [0.1, 0.15) is 20.7 Å². The normalized spacial score (nSPS) is 10.7. The van der Waals surface area contributed by atoms with Crippen molar-refractivity contribution in [2.45, 2.75) is 0 Å². The molecule has 4 rings (SSSR count). The molecule has 0 aliphatic heterocycles. The molecule has 31 heavy (non-hydrogen) atoms. The van der Waals surface area contributed by atoms with Crippen LogP contribution in [-0.4, -0.2) is 28.9 Å². The van der Waals surface area contributed by atoms with Crippen molar-refractivity contribution in [1.82, 2.24) is 5.32 Å². The van der Waals surface area contributed by atoms with E-state index < -0.39 is 10.8 Å². The molecule has 0 saturated heterocycles. The summed E-state index contributed by atoms with van der Waals surface area (Å²) in [4.78, 5) is 35.6. The number of nitro groups is 1. The van der Waals surface area contributed by atoms with Gasteiger partial charge in [0.1, 0.15) is 5.75 Å². The van der Waals surface area contributed by atoms with Crippen LogP contribution in [0.25, 0.3) is 21.5 Å². The minimum atomic E-state index is -0.580. The number of aromatic hydroxyl groups is 1. The molecule has 8 nitrogen and oxygen atoms in total. The van der Waals surface area contributed by atoms with E-state index in [0.717, 1.165) is 0 Å². The zero-order valence-electron chi connectivity index (χ0n) is 16.4. The van der Waals surface area contributed by atoms with Crippen LogP contribution in [0.5, 0.6) is 5.75 Å². The van der Waals surface area contributed by atoms with Crippen LogP contribution in [0.15, 0.2) is 66.7 Å². The van der Waals surface area contributed by atoms with Gasteiger partial charge >= 0.3 is 0 Å². The summed E-state index contributed by atoms with van der Waals surface area (Å²) in [6, 6.07) is 17.4. The average Bonchev–Trinajstić information content (AvgIpc) is 2.77. The SMILES string of the molecule is CNC(=O)c1ccc2cc(O)c(C(=O)Nc3ccc([N+](=O)[O-])c4ccccc34)cc2c1. The Balaban J connectivity index is 1.75. The maximum atomic E-state index is 12.9. The molecule has 0 unspecified atom stereocenters. The third kappa shape index (κ3) is 3.62. The lowest BCUT2D eigenvalue weighted by molar-refractivity contribution is -0.383. The zero-order valence-corrected chi connectivity index (χ0v) is 16.4. The smallest absolute Gasteiger partial charge is 0.277 e. The van der Waals surface area contributed by atoms with Gasteiger partial charge in [0.05, 0.1) is 15.9 Å². The quantitative estimate of drug-likeness (QED) is 0.340. The molecule has 3 N–H and O–H groups in total. The molecule has 0 aliphatic rings. The van der Waals surface area contributed by atoms with Gasteiger partial charge in [-0.25, -0.2) is 0 Å². The number of phenols is 1. The lowest BCUT2D eigenvalue weighted by atomic mass is 10.0. The van der Waals surface area contributed by atoms with E-state index in [9.17, 15) is 24.8 Å². The molecule has 2 amide bonds. The van der Waals surface area contributed by atoms with Crippen LogP contribution in [0.4, 0.5) is 11.4 Å². The standard InChI is InChI=1S/C23H17N3O5/c1-24-22(28)14-7-6-13-12-21(27)18(11-15(13)10-14)23(29)25-19-8-9-20(26(30)31)17-5-3-2-4-16(17)19/h2-12,27H,1H3,(H,24,28)(H,25,29). The van der Waals surface area contributed by atoms with Gasteiger partial charge in [-0.3, -0.25) is 19.7 Å². The minimum Gasteiger partial charge on any atom is -0.507 e. The second-order valence-corrected chi connectivity index (χ2v) is 6.90. The third-order valence-electron chi connectivity index (χ3n) is 5.03. The van der Waals surface area contributed by atoms with Crippen molar-refractivity contribution in [3.8, 4) is 5.75 Å². The Morgan fingerprint density at radius 3 is 2.35 bits per heavy atom. The molecule has 154 valence electrons. The van der Waals surface area contributed by atoms with E-state index in [1.807, 2.05) is 0 Å². The molecule has 0 saturated carbocycles. The summed E-state index contributed by atoms with van der Waals surface area (Å²) in [5, 5.41) is 29.1. The van der Waals surface area contributed by atoms with Crippen LogP contribution in [0.3, 0.4) is 0 Å². The highest BCUT2D eigenvalue weighted by Gasteiger charge is 2.18. The number of phenolic OH excluding ortho intramolecular Hbond substituents is 1. The number of hydrogen-bond acceptors (Lipinski definition) is 5. The first kappa shape index (κ1) is 19.8. The molecule has 0 bridgehead atoms. The van der Waals surface area contributed by atoms with Crippen LogP contribution in [0, 0.1) is 10.1 Å². The van der Waals surface area contributed by atoms with Gasteiger partial charge in [-0.15, -0.1) is 0 Å². The van der Waals surface area contributed by atoms with Crippen molar-refractivity contribution in [3.05, 3.63) is 88.0 Å². The number of benzene rings is 4. The summed E-state index contributed by atoms with van der Waals surface area (Å²) in [6.07, 6.45) is 0. The number of fused-ring (bicyclic) bond motifs is 2. The van der Waals surface area contributed by atoms with E-state index >= 15 is 0 Å². The summed E-state index contributed by atoms with van der Waals surface area (Å²) in [5.74, 6) is -1.06. The van der Waals surface area contributed by atoms with Crippen molar-refractivity contribution in [2.24, 2.45) is 0 Å². The van der Waals surface area contributed by atoms with Gasteiger partial charge < -0.3 is 15.7 Å². The summed E-state index contributed by atoms with van der Waals surface area (Å²) in [7, 11) is 1.52. The van der Waals surface area contributed by atoms with Gasteiger partial charge in [-0.2, -0.15) is 0 Å². The monoisotopic (exact) mass is 415 g/mol. The Labute approximate surface area is 176 Å². The minimum absolute atomic E-state index is 0.0176. The Hall–Kier alpha value is -4.46. The lowest BCUT2D eigenvalue weighted by Crippen LogP contribution is -2.17. The number of non-ortho nitro benzene ring substituents is 1. The van der Waals surface area contributed by atoms with E-state index in [1.54, 1.807) is 42.5 Å². The molecule has 0 atom stereocenters. The number of anilines is 1. The molecular formula is C23H17N3O5. The summed E-state index contributed by atoms with van der Waals surface area (Å²) in [6.45, 7) is 0. The number of carbonyl (C=O) groups excluding carboxylic acids is 2. The molecule has 0 radical (unpaired) electrons. The van der Waals surface area contributed by atoms with Gasteiger partial charge in [-0.05, 0) is 47.2 Å². The van der Waals surface area contributed by atoms with Crippen LogP contribution >= 0.6 is 0 Å². The highest BCUT2D eigenvalue weighted by Crippen LogP contribution is 2.32. The maximum Gasteiger partial charge on any atom is 0.277 e. The first-order chi connectivity index (χ1) is 14.9. The first-order valence-electron chi connectivity index (χ1n) is 9.35. The summed E-state index contributed by atoms with van der Waals surface area (Å²) in [5.41, 5.74) is 0.756. The van der Waals surface area contributed by atoms with Crippen LogP contribution in [-0.2, 0) is 0 Å². The summed E-state index contributed by atoms with van der Waals surface area (Å²) >= 11 is 0. The third-order valence-corrected chi connectivity index (χ3v) is 5.03. The van der Waals surface area contributed by atoms with Crippen LogP contribution < -0.4 is 10.6 Å². The van der Waals surface area contributed by atoms with Crippen molar-refractivity contribution < 1.29 is 19.6 Å². The lowest BCUT2D eigenvalue weighted by Gasteiger charge is -2.11. The van der Waals surface area contributed by atoms with Crippen molar-refractivity contribution >= 4 is 44.7 Å². The highest BCUT2D eigenvalue weighted by atomic mass is 16.6. The molecule has 4 aromatic carbocycles. The van der Waals surface area contributed by atoms with E-state index in [1.165, 1.54) is 31.3 Å². The molecule has 8 heteroatoms. The molecule has 0 aromatic heterocycles. The fourth-order valence-electron chi connectivity index (χ4n) is 3.49. The fourth-order valence-corrected chi connectivity index (χ4v) is 3.49. The van der Waals surface area contributed by atoms with Gasteiger partial charge in [0.2, 0.25) is 0 Å². The molecule has 0 heterocycles. The van der Waals surface area contributed by atoms with Gasteiger partial charge in [0.15, 0.2) is 0 Å². The Kier molecular flexibility index (Phi) is 4.96. The fraction of sp³-hybridized carbons (Fsp3) is 0.0435. The average molecular weight is 415 g/mol. The van der Waals surface area contributed by atoms with Gasteiger partial charge in [-0.1, -0.05) is 24.3 Å². The highest BCUT2D eigenvalue weighted by molar-refractivity contribution is 6.13. The molecular weight excluding hydrogens is 398 g/mol. The number of carbonyl (C=O) groups is 2. The number of amides is 2. The number of nitro benzene ring substituents is 1. The summed E-state index contributed by atoms with van der Waals surface area (Å²) < 4.78 is 0. The Morgan fingerprint density at radius 2 is 1.65 bits per heavy atom. The second-order valence-electron chi connectivity index (χ2n) is 6.90. The van der Waals surface area contributed by atoms with E-state index in [4.69, 9.17) is 0 Å². The van der Waals surface area contributed by atoms with Crippen LogP contribution in [0.2, 0.25) is 0 Å². The second kappa shape index (κ2) is 7.75. The van der Waals surface area contributed by atoms with E-state index in [2.05, 4.69) is 10.6 Å². The van der Waals surface area contributed by atoms with E-state index in [0.29, 0.717) is 32.8 Å². The number of hydrogen-bond donors (Lipinski definition) is 3. The van der Waals surface area contributed by atoms with Crippen molar-refractivity contribution in [3.63, 3.8) is 0 Å². The van der Waals surface area contributed by atoms with E-state index in [-0.39, 0.29) is 22.9 Å². The number of rotatable bonds is 4. The Bertz CT molecular complexity index is 1380. The molecule has 0 fully saturated rings. The largest absolute Gasteiger partial charge is 0.507 e. The molecule has 0 aliphatic carbocycles. The maximum absolute atomic E-state index is 12.9.